The molecule has 1 heterocycles. The third kappa shape index (κ3) is 2.80. The van der Waals surface area contributed by atoms with Gasteiger partial charge in [-0.15, -0.1) is 0 Å². The van der Waals surface area contributed by atoms with Crippen molar-refractivity contribution in [2.24, 2.45) is 0 Å². The second-order valence-corrected chi connectivity index (χ2v) is 3.72. The Bertz CT molecular complexity index is 615. The van der Waals surface area contributed by atoms with Crippen molar-refractivity contribution in [2.45, 2.75) is 0 Å². The fraction of sp³-hybridized carbons (Fsp3) is 0.143. The van der Waals surface area contributed by atoms with E-state index in [1.54, 1.807) is 12.1 Å². The van der Waals surface area contributed by atoms with Crippen LogP contribution in [0.1, 0.15) is 20.9 Å². The lowest BCUT2D eigenvalue weighted by Crippen LogP contribution is -2.11. The second-order valence-electron chi connectivity index (χ2n) is 3.72. The zero-order valence-electron chi connectivity index (χ0n) is 10.9. The lowest BCUT2D eigenvalue weighted by molar-refractivity contribution is 0.0590. The van der Waals surface area contributed by atoms with E-state index < -0.39 is 11.9 Å². The van der Waals surface area contributed by atoms with Gasteiger partial charge in [-0.2, -0.15) is 0 Å². The first kappa shape index (κ1) is 13.7. The SMILES string of the molecule is COC(=O)c1cc(OC)ccc1OC(=O)c1ccco1. The molecule has 20 heavy (non-hydrogen) atoms. The highest BCUT2D eigenvalue weighted by molar-refractivity contribution is 5.95. The van der Waals surface area contributed by atoms with Crippen LogP contribution in [-0.2, 0) is 4.74 Å². The van der Waals surface area contributed by atoms with Crippen LogP contribution >= 0.6 is 0 Å². The number of rotatable bonds is 4. The van der Waals surface area contributed by atoms with Crippen molar-refractivity contribution >= 4 is 11.9 Å². The van der Waals surface area contributed by atoms with Crippen molar-refractivity contribution in [3.63, 3.8) is 0 Å². The molecule has 0 radical (unpaired) electrons. The van der Waals surface area contributed by atoms with Crippen LogP contribution < -0.4 is 9.47 Å². The van der Waals surface area contributed by atoms with Gasteiger partial charge in [0.25, 0.3) is 0 Å². The molecule has 104 valence electrons. The number of carbonyl (C=O) groups is 2. The molecule has 0 atom stereocenters. The maximum atomic E-state index is 11.8. The third-order valence-corrected chi connectivity index (χ3v) is 2.52. The molecule has 2 rings (SSSR count). The average Bonchev–Trinajstić information content (AvgIpc) is 3.01. The molecule has 6 heteroatoms. The first-order valence-electron chi connectivity index (χ1n) is 5.67. The Kier molecular flexibility index (Phi) is 4.05. The number of esters is 2. The summed E-state index contributed by atoms with van der Waals surface area (Å²) < 4.78 is 19.7. The zero-order chi connectivity index (χ0) is 14.5. The minimum atomic E-state index is -0.703. The highest BCUT2D eigenvalue weighted by Gasteiger charge is 2.19. The molecule has 0 saturated heterocycles. The number of methoxy groups -OCH3 is 2. The third-order valence-electron chi connectivity index (χ3n) is 2.52. The summed E-state index contributed by atoms with van der Waals surface area (Å²) in [7, 11) is 2.70. The van der Waals surface area contributed by atoms with Gasteiger partial charge in [-0.05, 0) is 30.3 Å². The van der Waals surface area contributed by atoms with E-state index in [1.165, 1.54) is 38.7 Å². The van der Waals surface area contributed by atoms with Crippen molar-refractivity contribution in [2.75, 3.05) is 14.2 Å². The van der Waals surface area contributed by atoms with Gasteiger partial charge < -0.3 is 18.6 Å². The van der Waals surface area contributed by atoms with Crippen LogP contribution in [0.5, 0.6) is 11.5 Å². The van der Waals surface area contributed by atoms with Crippen molar-refractivity contribution in [3.05, 3.63) is 47.9 Å². The average molecular weight is 276 g/mol. The number of hydrogen-bond acceptors (Lipinski definition) is 6. The Hall–Kier alpha value is -2.76. The van der Waals surface area contributed by atoms with E-state index in [-0.39, 0.29) is 17.1 Å². The van der Waals surface area contributed by atoms with Crippen LogP contribution in [0, 0.1) is 0 Å². The fourth-order valence-electron chi connectivity index (χ4n) is 1.54. The topological polar surface area (TPSA) is 75.0 Å². The van der Waals surface area contributed by atoms with E-state index >= 15 is 0 Å². The van der Waals surface area contributed by atoms with Gasteiger partial charge in [-0.3, -0.25) is 0 Å². The number of hydrogen-bond donors (Lipinski definition) is 0. The maximum Gasteiger partial charge on any atom is 0.379 e. The lowest BCUT2D eigenvalue weighted by atomic mass is 10.2. The molecule has 6 nitrogen and oxygen atoms in total. The summed E-state index contributed by atoms with van der Waals surface area (Å²) >= 11 is 0. The van der Waals surface area contributed by atoms with E-state index in [4.69, 9.17) is 13.9 Å². The molecule has 0 N–H and O–H groups in total. The molecule has 0 spiro atoms. The quantitative estimate of drug-likeness (QED) is 0.630. The molecule has 0 aliphatic rings. The van der Waals surface area contributed by atoms with Crippen LogP contribution in [-0.4, -0.2) is 26.2 Å². The fourth-order valence-corrected chi connectivity index (χ4v) is 1.54. The Labute approximate surface area is 114 Å². The van der Waals surface area contributed by atoms with E-state index in [2.05, 4.69) is 4.74 Å². The molecule has 1 aromatic carbocycles. The van der Waals surface area contributed by atoms with Gasteiger partial charge in [0.15, 0.2) is 0 Å². The maximum absolute atomic E-state index is 11.8. The summed E-state index contributed by atoms with van der Waals surface area (Å²) in [5.74, 6) is -0.782. The largest absolute Gasteiger partial charge is 0.497 e. The van der Waals surface area contributed by atoms with Gasteiger partial charge >= 0.3 is 11.9 Å². The van der Waals surface area contributed by atoms with Crippen molar-refractivity contribution in [1.29, 1.82) is 0 Å². The Balaban J connectivity index is 2.31. The van der Waals surface area contributed by atoms with Crippen LogP contribution in [0.4, 0.5) is 0 Å². The molecule has 0 aliphatic heterocycles. The molecule has 0 unspecified atom stereocenters. The van der Waals surface area contributed by atoms with Crippen LogP contribution in [0.15, 0.2) is 41.0 Å². The van der Waals surface area contributed by atoms with E-state index in [9.17, 15) is 9.59 Å². The first-order chi connectivity index (χ1) is 9.65. The molecule has 0 fully saturated rings. The van der Waals surface area contributed by atoms with Crippen LogP contribution in [0.25, 0.3) is 0 Å². The summed E-state index contributed by atoms with van der Waals surface area (Å²) in [5, 5.41) is 0. The van der Waals surface area contributed by atoms with Gasteiger partial charge in [0.1, 0.15) is 17.1 Å². The normalized spacial score (nSPS) is 9.90. The molecular weight excluding hydrogens is 264 g/mol. The number of carbonyl (C=O) groups excluding carboxylic acids is 2. The van der Waals surface area contributed by atoms with E-state index in [0.29, 0.717) is 5.75 Å². The Morgan fingerprint density at radius 1 is 1.10 bits per heavy atom. The highest BCUT2D eigenvalue weighted by atomic mass is 16.6. The molecular formula is C14H12O6. The monoisotopic (exact) mass is 276 g/mol. The molecule has 0 bridgehead atoms. The zero-order valence-corrected chi connectivity index (χ0v) is 10.9. The Morgan fingerprint density at radius 3 is 2.50 bits per heavy atom. The Morgan fingerprint density at radius 2 is 1.90 bits per heavy atom. The van der Waals surface area contributed by atoms with E-state index in [0.717, 1.165) is 0 Å². The standard InChI is InChI=1S/C14H12O6/c1-17-9-5-6-11(10(8-9)13(15)18-2)20-14(16)12-4-3-7-19-12/h3-8H,1-2H3. The number of benzene rings is 1. The predicted octanol–water partition coefficient (Wildman–Crippen LogP) is 2.29. The predicted molar refractivity (Wildman–Crippen MR) is 68.0 cm³/mol. The van der Waals surface area contributed by atoms with Crippen molar-refractivity contribution in [3.8, 4) is 11.5 Å². The number of furan rings is 1. The summed E-state index contributed by atoms with van der Waals surface area (Å²) in [6.45, 7) is 0. The number of ether oxygens (including phenoxy) is 3. The minimum absolute atomic E-state index is 0.0385. The minimum Gasteiger partial charge on any atom is -0.497 e. The molecule has 0 amide bonds. The summed E-state index contributed by atoms with van der Waals surface area (Å²) in [6.07, 6.45) is 1.35. The van der Waals surface area contributed by atoms with Gasteiger partial charge in [-0.25, -0.2) is 9.59 Å². The smallest absolute Gasteiger partial charge is 0.379 e. The summed E-state index contributed by atoms with van der Waals surface area (Å²) in [5.41, 5.74) is 0.0896. The molecule has 0 saturated carbocycles. The summed E-state index contributed by atoms with van der Waals surface area (Å²) in [6, 6.07) is 7.47. The molecule has 0 aliphatic carbocycles. The summed E-state index contributed by atoms with van der Waals surface area (Å²) in [4.78, 5) is 23.5. The highest BCUT2D eigenvalue weighted by Crippen LogP contribution is 2.25. The second kappa shape index (κ2) is 5.92. The van der Waals surface area contributed by atoms with Crippen molar-refractivity contribution < 1.29 is 28.2 Å². The molecule has 2 aromatic rings. The van der Waals surface area contributed by atoms with Crippen LogP contribution in [0.3, 0.4) is 0 Å². The first-order valence-corrected chi connectivity index (χ1v) is 5.67. The van der Waals surface area contributed by atoms with Gasteiger partial charge in [0.2, 0.25) is 5.76 Å². The lowest BCUT2D eigenvalue weighted by Gasteiger charge is -2.09. The van der Waals surface area contributed by atoms with E-state index in [1.807, 2.05) is 0 Å². The van der Waals surface area contributed by atoms with Gasteiger partial charge in [0.05, 0.1) is 20.5 Å². The van der Waals surface area contributed by atoms with Gasteiger partial charge in [0, 0.05) is 0 Å². The van der Waals surface area contributed by atoms with Crippen LogP contribution in [0.2, 0.25) is 0 Å². The molecule has 1 aromatic heterocycles. The van der Waals surface area contributed by atoms with Crippen molar-refractivity contribution in [1.82, 2.24) is 0 Å². The van der Waals surface area contributed by atoms with Gasteiger partial charge in [-0.1, -0.05) is 0 Å².